The van der Waals surface area contributed by atoms with Crippen LogP contribution in [-0.4, -0.2) is 74.9 Å². The van der Waals surface area contributed by atoms with Crippen molar-refractivity contribution >= 4 is 38.5 Å². The predicted molar refractivity (Wildman–Crippen MR) is 144 cm³/mol. The van der Waals surface area contributed by atoms with Gasteiger partial charge in [0.2, 0.25) is 5.43 Å². The number of methoxy groups -OCH3 is 1. The second kappa shape index (κ2) is 12.2. The number of pyridine rings is 1. The molecule has 0 spiro atoms. The van der Waals surface area contributed by atoms with Gasteiger partial charge < -0.3 is 43.8 Å². The van der Waals surface area contributed by atoms with Gasteiger partial charge in [-0.3, -0.25) is 9.36 Å². The van der Waals surface area contributed by atoms with E-state index in [1.807, 2.05) is 11.8 Å². The molecule has 1 aromatic carbocycles. The average molecular weight is 589 g/mol. The van der Waals surface area contributed by atoms with E-state index in [2.05, 4.69) is 5.32 Å². The fourth-order valence-electron chi connectivity index (χ4n) is 4.94. The number of piperazine rings is 1. The van der Waals surface area contributed by atoms with Crippen molar-refractivity contribution in [2.45, 2.75) is 56.5 Å². The summed E-state index contributed by atoms with van der Waals surface area (Å²) in [6, 6.07) is 1.31. The number of rotatable bonds is 11. The number of nitrogens with one attached hydrogen (secondary N) is 1. The van der Waals surface area contributed by atoms with E-state index in [0.29, 0.717) is 25.2 Å². The summed E-state index contributed by atoms with van der Waals surface area (Å²) in [6.45, 7) is 3.64. The van der Waals surface area contributed by atoms with Crippen LogP contribution in [0.4, 0.5) is 10.1 Å². The number of unbranched alkanes of at least 4 members (excludes halogenated alkanes) is 1. The molecule has 12 nitrogen and oxygen atoms in total. The summed E-state index contributed by atoms with van der Waals surface area (Å²) < 4.78 is 39.7. The van der Waals surface area contributed by atoms with Gasteiger partial charge in [-0.25, -0.2) is 9.18 Å². The van der Waals surface area contributed by atoms with Crippen LogP contribution in [-0.2, 0) is 9.30 Å². The minimum absolute atomic E-state index is 0.0152. The molecule has 1 saturated carbocycles. The summed E-state index contributed by atoms with van der Waals surface area (Å²) in [5, 5.41) is 1.76. The van der Waals surface area contributed by atoms with Crippen LogP contribution in [0.5, 0.6) is 5.75 Å². The first-order valence-corrected chi connectivity index (χ1v) is 15.8. The highest BCUT2D eigenvalue weighted by molar-refractivity contribution is 7.67. The maximum absolute atomic E-state index is 15.5. The van der Waals surface area contributed by atoms with Gasteiger partial charge in [0.1, 0.15) is 16.7 Å². The average Bonchev–Trinajstić information content (AvgIpc) is 3.70. The Morgan fingerprint density at radius 2 is 2.03 bits per heavy atom. The molecule has 0 radical (unpaired) electrons. The minimum Gasteiger partial charge on any atom is -0.492 e. The normalized spacial score (nSPS) is 19.0. The lowest BCUT2D eigenvalue weighted by atomic mass is 10.1. The quantitative estimate of drug-likeness (QED) is 0.148. The van der Waals surface area contributed by atoms with E-state index in [4.69, 9.17) is 9.47 Å². The number of anilines is 1. The zero-order valence-electron chi connectivity index (χ0n) is 21.7. The third kappa shape index (κ3) is 6.62. The highest BCUT2D eigenvalue weighted by Gasteiger charge is 2.35. The van der Waals surface area contributed by atoms with Gasteiger partial charge in [-0.05, 0) is 45.1 Å². The predicted octanol–water partition coefficient (Wildman–Crippen LogP) is 2.41. The van der Waals surface area contributed by atoms with Gasteiger partial charge in [0.05, 0.1) is 24.6 Å². The number of benzene rings is 1. The lowest BCUT2D eigenvalue weighted by Crippen LogP contribution is -2.49. The highest BCUT2D eigenvalue weighted by Crippen LogP contribution is 2.57. The molecule has 2 fully saturated rings. The molecule has 0 amide bonds. The number of esters is 1. The molecule has 2 aliphatic rings. The lowest BCUT2D eigenvalue weighted by Gasteiger charge is -2.35. The van der Waals surface area contributed by atoms with Crippen molar-refractivity contribution in [1.82, 2.24) is 9.88 Å². The van der Waals surface area contributed by atoms with Crippen molar-refractivity contribution in [1.29, 1.82) is 0 Å². The first-order valence-electron chi connectivity index (χ1n) is 12.8. The SMILES string of the molecule is COc1c(N2CCNC(C)C2)c(F)cc2c(=O)c(C(=O)OCCCCC(P(O)O)P(=O)(O)O)cn(C3CC3)c12. The Kier molecular flexibility index (Phi) is 9.33. The van der Waals surface area contributed by atoms with Crippen LogP contribution < -0.4 is 20.4 Å². The summed E-state index contributed by atoms with van der Waals surface area (Å²) in [5.41, 5.74) is -0.221. The molecule has 2 unspecified atom stereocenters. The Labute approximate surface area is 225 Å². The Morgan fingerprint density at radius 1 is 1.31 bits per heavy atom. The first-order chi connectivity index (χ1) is 18.4. The van der Waals surface area contributed by atoms with Crippen LogP contribution in [0, 0.1) is 5.82 Å². The van der Waals surface area contributed by atoms with E-state index in [-0.39, 0.29) is 60.3 Å². The van der Waals surface area contributed by atoms with Crippen LogP contribution in [0.15, 0.2) is 17.1 Å². The number of halogens is 1. The zero-order valence-corrected chi connectivity index (χ0v) is 23.5. The number of hydrogen-bond donors (Lipinski definition) is 5. The Bertz CT molecular complexity index is 1330. The summed E-state index contributed by atoms with van der Waals surface area (Å²) in [5.74, 6) is -1.27. The number of nitrogens with zero attached hydrogens (tertiary/aromatic N) is 2. The summed E-state index contributed by atoms with van der Waals surface area (Å²) in [4.78, 5) is 65.2. The zero-order chi connectivity index (χ0) is 28.5. The molecule has 216 valence electrons. The van der Waals surface area contributed by atoms with Crippen molar-refractivity contribution in [3.63, 3.8) is 0 Å². The molecule has 5 N–H and O–H groups in total. The van der Waals surface area contributed by atoms with Crippen LogP contribution in [0.25, 0.3) is 10.9 Å². The fourth-order valence-corrected chi connectivity index (χ4v) is 6.95. The van der Waals surface area contributed by atoms with E-state index >= 15 is 4.39 Å². The number of fused-ring (bicyclic) bond motifs is 1. The summed E-state index contributed by atoms with van der Waals surface area (Å²) in [7, 11) is -6.08. The molecular weight excluding hydrogens is 555 g/mol. The largest absolute Gasteiger partial charge is 0.492 e. The van der Waals surface area contributed by atoms with Crippen LogP contribution >= 0.6 is 16.0 Å². The Balaban J connectivity index is 1.59. The van der Waals surface area contributed by atoms with Gasteiger partial charge in [-0.2, -0.15) is 0 Å². The van der Waals surface area contributed by atoms with Crippen molar-refractivity contribution in [2.24, 2.45) is 0 Å². The lowest BCUT2D eigenvalue weighted by molar-refractivity contribution is 0.0495. The van der Waals surface area contributed by atoms with Gasteiger partial charge in [-0.15, -0.1) is 0 Å². The number of carbonyl (C=O) groups is 1. The standard InChI is InChI=1S/C24H34FN3O9P2/c1-14-12-27(9-8-26-14)21-18(25)11-16-20(23(21)36-2)28(15-6-7-15)13-17(22(16)29)24(30)37-10-4-3-5-19(38(31)32)39(33,34)35/h11,13-15,19,26,31-32H,3-10,12H2,1-2H3,(H2,33,34,35). The molecule has 15 heteroatoms. The molecule has 2 heterocycles. The van der Waals surface area contributed by atoms with E-state index in [0.717, 1.165) is 18.9 Å². The molecule has 1 saturated heterocycles. The van der Waals surface area contributed by atoms with Crippen LogP contribution in [0.1, 0.15) is 55.4 Å². The second-order valence-corrected chi connectivity index (χ2v) is 13.4. The third-order valence-electron chi connectivity index (χ3n) is 6.99. The van der Waals surface area contributed by atoms with Crippen molar-refractivity contribution in [3.05, 3.63) is 33.9 Å². The molecule has 1 aliphatic carbocycles. The molecule has 4 rings (SSSR count). The number of hydrogen-bond acceptors (Lipinski definition) is 9. The summed E-state index contributed by atoms with van der Waals surface area (Å²) >= 11 is 0. The number of ether oxygens (including phenoxy) is 2. The van der Waals surface area contributed by atoms with E-state index in [9.17, 15) is 33.7 Å². The van der Waals surface area contributed by atoms with Crippen molar-refractivity contribution in [3.8, 4) is 5.75 Å². The van der Waals surface area contributed by atoms with Crippen molar-refractivity contribution < 1.29 is 42.8 Å². The van der Waals surface area contributed by atoms with Crippen LogP contribution in [0.2, 0.25) is 0 Å². The van der Waals surface area contributed by atoms with E-state index < -0.39 is 38.6 Å². The molecule has 39 heavy (non-hydrogen) atoms. The van der Waals surface area contributed by atoms with Crippen molar-refractivity contribution in [2.75, 3.05) is 38.3 Å². The maximum atomic E-state index is 15.5. The fraction of sp³-hybridized carbons (Fsp3) is 0.583. The molecule has 1 aliphatic heterocycles. The Hall–Kier alpha value is -2.11. The molecular formula is C24H34FN3O9P2. The Morgan fingerprint density at radius 3 is 2.62 bits per heavy atom. The smallest absolute Gasteiger partial charge is 0.343 e. The van der Waals surface area contributed by atoms with E-state index in [1.54, 1.807) is 4.57 Å². The molecule has 1 aromatic heterocycles. The van der Waals surface area contributed by atoms with Crippen LogP contribution in [0.3, 0.4) is 0 Å². The van der Waals surface area contributed by atoms with E-state index in [1.165, 1.54) is 13.3 Å². The topological polar surface area (TPSA) is 171 Å². The van der Waals surface area contributed by atoms with Gasteiger partial charge in [-0.1, -0.05) is 0 Å². The first kappa shape index (κ1) is 29.9. The molecule has 2 atom stereocenters. The molecule has 2 aromatic rings. The van der Waals surface area contributed by atoms with Gasteiger partial charge in [0.25, 0.3) is 0 Å². The maximum Gasteiger partial charge on any atom is 0.343 e. The summed E-state index contributed by atoms with van der Waals surface area (Å²) in [6.07, 6.45) is 3.26. The number of aromatic nitrogens is 1. The number of carbonyl (C=O) groups excluding carboxylic acids is 1. The third-order valence-corrected chi connectivity index (χ3v) is 10.3. The molecule has 0 bridgehead atoms. The second-order valence-electron chi connectivity index (χ2n) is 9.97. The van der Waals surface area contributed by atoms with Gasteiger partial charge in [0.15, 0.2) is 19.9 Å². The van der Waals surface area contributed by atoms with Gasteiger partial charge in [0, 0.05) is 37.9 Å². The minimum atomic E-state index is -4.68. The van der Waals surface area contributed by atoms with Gasteiger partial charge >= 0.3 is 13.6 Å². The monoisotopic (exact) mass is 589 g/mol. The highest BCUT2D eigenvalue weighted by atomic mass is 31.2.